The van der Waals surface area contributed by atoms with Crippen LogP contribution in [0, 0.1) is 12.8 Å². The number of aryl methyl sites for hydroxylation is 1. The van der Waals surface area contributed by atoms with Gasteiger partial charge in [0.25, 0.3) is 17.6 Å². The number of likely N-dealkylation sites (tertiary alicyclic amines) is 2. The fraction of sp³-hybridized carbons (Fsp3) is 0.558. The molecule has 2 spiro atoms. The van der Waals surface area contributed by atoms with Crippen LogP contribution in [-0.4, -0.2) is 124 Å². The SMILES string of the molecule is CC(C)CCOc1ccc(C(=O)N2CCC3(CC2)c2ccc(C(=O)C(F)(F)F)n2C(C)CN3C)cc1.Cc1cc(C(=O)N2CCC3(CC2)c2ccc(C(F)(F)C(F)(F)F)n2CCN3C)ccc1C(C)(C)O.[HH]. The summed E-state index contributed by atoms with van der Waals surface area (Å²) < 4.78 is 116. The van der Waals surface area contributed by atoms with Gasteiger partial charge in [-0.2, -0.15) is 35.1 Å². The highest BCUT2D eigenvalue weighted by molar-refractivity contribution is 5.99. The molecule has 6 heterocycles. The summed E-state index contributed by atoms with van der Waals surface area (Å²) in [7, 11) is 3.81. The number of amides is 2. The van der Waals surface area contributed by atoms with E-state index in [4.69, 9.17) is 4.74 Å². The minimum atomic E-state index is -5.67. The molecule has 11 nitrogen and oxygen atoms in total. The zero-order chi connectivity index (χ0) is 52.2. The Balaban J connectivity index is 0.000000232. The minimum Gasteiger partial charge on any atom is -0.494 e. The fourth-order valence-electron chi connectivity index (χ4n) is 11.1. The Morgan fingerprint density at radius 1 is 0.732 bits per heavy atom. The normalized spacial score (nSPS) is 19.6. The third kappa shape index (κ3) is 10.2. The molecule has 2 aromatic heterocycles. The lowest BCUT2D eigenvalue weighted by Crippen LogP contribution is -2.57. The lowest BCUT2D eigenvalue weighted by molar-refractivity contribution is -0.292. The second-order valence-corrected chi connectivity index (χ2v) is 20.6. The van der Waals surface area contributed by atoms with Crippen LogP contribution in [0.5, 0.6) is 5.75 Å². The van der Waals surface area contributed by atoms with Crippen LogP contribution in [0.1, 0.15) is 134 Å². The molecule has 19 heteroatoms. The number of alkyl halides is 8. The van der Waals surface area contributed by atoms with Crippen LogP contribution in [0.4, 0.5) is 35.1 Å². The van der Waals surface area contributed by atoms with E-state index in [1.807, 2.05) is 32.8 Å². The molecule has 4 aliphatic heterocycles. The number of aromatic nitrogens is 2. The second kappa shape index (κ2) is 19.6. The number of ketones is 1. The molecule has 8 rings (SSSR count). The van der Waals surface area contributed by atoms with Crippen LogP contribution in [0.2, 0.25) is 0 Å². The van der Waals surface area contributed by atoms with Crippen molar-refractivity contribution < 1.29 is 60.8 Å². The number of halogens is 8. The molecule has 4 aliphatic rings. The molecular weight excluding hydrogens is 941 g/mol. The van der Waals surface area contributed by atoms with Crippen molar-refractivity contribution in [2.75, 3.05) is 60.0 Å². The van der Waals surface area contributed by atoms with Gasteiger partial charge in [0.1, 0.15) is 5.75 Å². The Kier molecular flexibility index (Phi) is 14.8. The highest BCUT2D eigenvalue weighted by Gasteiger charge is 2.61. The molecule has 4 aromatic rings. The molecule has 1 atom stereocenters. The summed E-state index contributed by atoms with van der Waals surface area (Å²) in [5.74, 6) is -5.72. The van der Waals surface area contributed by atoms with Crippen molar-refractivity contribution in [3.63, 3.8) is 0 Å². The lowest BCUT2D eigenvalue weighted by Gasteiger charge is -2.52. The van der Waals surface area contributed by atoms with E-state index in [0.29, 0.717) is 100.0 Å². The van der Waals surface area contributed by atoms with Crippen LogP contribution in [0.25, 0.3) is 0 Å². The van der Waals surface area contributed by atoms with Crippen molar-refractivity contribution in [1.29, 1.82) is 0 Å². The average Bonchev–Trinajstić information content (AvgIpc) is 3.96. The highest BCUT2D eigenvalue weighted by atomic mass is 19.4. The zero-order valence-electron chi connectivity index (χ0n) is 41.5. The summed E-state index contributed by atoms with van der Waals surface area (Å²) in [6.07, 6.45) is -7.67. The average molecular weight is 1010 g/mol. The van der Waals surface area contributed by atoms with E-state index in [-0.39, 0.29) is 31.5 Å². The molecule has 2 amide bonds. The number of aliphatic hydroxyl groups is 1. The quantitative estimate of drug-likeness (QED) is 0.132. The van der Waals surface area contributed by atoms with Gasteiger partial charge in [0.2, 0.25) is 0 Å². The van der Waals surface area contributed by atoms with Gasteiger partial charge in [-0.25, -0.2) is 0 Å². The molecular formula is C52H66F8N6O5. The van der Waals surface area contributed by atoms with Crippen molar-refractivity contribution in [2.45, 2.75) is 121 Å². The maximum Gasteiger partial charge on any atom is 0.459 e. The molecule has 2 aromatic carbocycles. The van der Waals surface area contributed by atoms with Gasteiger partial charge in [-0.15, -0.1) is 0 Å². The number of Topliss-reactive ketones (excluding diaryl/α,β-unsaturated/α-hetero) is 1. The Hall–Kier alpha value is -5.27. The van der Waals surface area contributed by atoms with Crippen molar-refractivity contribution in [3.8, 4) is 5.75 Å². The Labute approximate surface area is 410 Å². The molecule has 0 radical (unpaired) electrons. The van der Waals surface area contributed by atoms with Gasteiger partial charge < -0.3 is 28.8 Å². The number of likely N-dealkylation sites (N-methyl/N-ethyl adjacent to an activating group) is 2. The van der Waals surface area contributed by atoms with Crippen molar-refractivity contribution in [1.82, 2.24) is 28.7 Å². The first-order chi connectivity index (χ1) is 33.0. The predicted molar refractivity (Wildman–Crippen MR) is 253 cm³/mol. The van der Waals surface area contributed by atoms with E-state index in [2.05, 4.69) is 18.7 Å². The number of ether oxygens (including phenoxy) is 1. The first-order valence-electron chi connectivity index (χ1n) is 24.1. The van der Waals surface area contributed by atoms with Gasteiger partial charge in [0.15, 0.2) is 0 Å². The highest BCUT2D eigenvalue weighted by Crippen LogP contribution is 2.49. The molecule has 1 unspecified atom stereocenters. The van der Waals surface area contributed by atoms with Gasteiger partial charge >= 0.3 is 18.3 Å². The smallest absolute Gasteiger partial charge is 0.459 e. The summed E-state index contributed by atoms with van der Waals surface area (Å²) in [6, 6.07) is 17.2. The largest absolute Gasteiger partial charge is 0.494 e. The van der Waals surface area contributed by atoms with Crippen molar-refractivity contribution in [2.24, 2.45) is 5.92 Å². The maximum atomic E-state index is 14.2. The maximum absolute atomic E-state index is 14.2. The number of hydrogen-bond donors (Lipinski definition) is 1. The molecule has 0 aliphatic carbocycles. The van der Waals surface area contributed by atoms with E-state index >= 15 is 0 Å². The summed E-state index contributed by atoms with van der Waals surface area (Å²) in [4.78, 5) is 46.1. The van der Waals surface area contributed by atoms with Crippen LogP contribution >= 0.6 is 0 Å². The number of fused-ring (bicyclic) bond motifs is 4. The fourth-order valence-corrected chi connectivity index (χ4v) is 11.1. The Morgan fingerprint density at radius 3 is 1.79 bits per heavy atom. The number of benzene rings is 2. The Bertz CT molecular complexity index is 2590. The summed E-state index contributed by atoms with van der Waals surface area (Å²) in [5.41, 5.74) is 0.0902. The van der Waals surface area contributed by atoms with E-state index < -0.39 is 46.4 Å². The standard InChI is InChI=1S/C27H34F3N3O3.C25H30F5N3O2.H2/c1-18(2)11-16-36-21-7-5-20(6-8-21)25(35)32-14-12-26(13-15-32)23-10-9-22(24(34)27(28,29)30)33(23)19(3)17-31(26)4;1-16-15-17(5-6-18(16)22(2,3)35)21(34)32-11-9-23(10-12-32)19-7-8-20(24(26,27)25(28,29)30)33(19)14-13-31(23)4;/h5-10,18-19H,11-17H2,1-4H3;5-8,15,35H,9-14H2,1-4H3;1H. The third-order valence-electron chi connectivity index (χ3n) is 15.1. The zero-order valence-corrected chi connectivity index (χ0v) is 41.5. The summed E-state index contributed by atoms with van der Waals surface area (Å²) >= 11 is 0. The van der Waals surface area contributed by atoms with E-state index in [1.54, 1.807) is 76.7 Å². The molecule has 2 fully saturated rings. The van der Waals surface area contributed by atoms with Gasteiger partial charge in [0, 0.05) is 75.8 Å². The van der Waals surface area contributed by atoms with Crippen molar-refractivity contribution >= 4 is 17.6 Å². The van der Waals surface area contributed by atoms with Crippen LogP contribution < -0.4 is 4.74 Å². The molecule has 1 N–H and O–H groups in total. The van der Waals surface area contributed by atoms with Crippen LogP contribution in [-0.2, 0) is 29.1 Å². The molecule has 71 heavy (non-hydrogen) atoms. The van der Waals surface area contributed by atoms with Crippen molar-refractivity contribution in [3.05, 3.63) is 112 Å². The summed E-state index contributed by atoms with van der Waals surface area (Å²) in [6.45, 7) is 14.4. The number of rotatable bonds is 9. The molecule has 390 valence electrons. The van der Waals surface area contributed by atoms with E-state index in [0.717, 1.165) is 33.9 Å². The molecule has 0 saturated carbocycles. The van der Waals surface area contributed by atoms with Gasteiger partial charge in [-0.1, -0.05) is 19.9 Å². The summed E-state index contributed by atoms with van der Waals surface area (Å²) in [5, 5.41) is 10.3. The first-order valence-corrected chi connectivity index (χ1v) is 24.1. The van der Waals surface area contributed by atoms with Gasteiger partial charge in [0.05, 0.1) is 34.7 Å². The van der Waals surface area contributed by atoms with E-state index in [9.17, 15) is 54.6 Å². The third-order valence-corrected chi connectivity index (χ3v) is 15.1. The topological polar surface area (TPSA) is 103 Å². The number of carbonyl (C=O) groups is 3. The number of hydrogen-bond acceptors (Lipinski definition) is 7. The molecule has 2 saturated heterocycles. The van der Waals surface area contributed by atoms with Crippen LogP contribution in [0.15, 0.2) is 66.7 Å². The lowest BCUT2D eigenvalue weighted by atomic mass is 9.80. The molecule has 0 bridgehead atoms. The first kappa shape index (κ1) is 53.5. The van der Waals surface area contributed by atoms with Gasteiger partial charge in [-0.3, -0.25) is 24.2 Å². The van der Waals surface area contributed by atoms with Crippen LogP contribution in [0.3, 0.4) is 0 Å². The number of piperidine rings is 2. The second-order valence-electron chi connectivity index (χ2n) is 20.6. The van der Waals surface area contributed by atoms with E-state index in [1.165, 1.54) is 12.1 Å². The Morgan fingerprint density at radius 2 is 1.27 bits per heavy atom. The predicted octanol–water partition coefficient (Wildman–Crippen LogP) is 10.3. The monoisotopic (exact) mass is 1010 g/mol. The number of nitrogens with zero attached hydrogens (tertiary/aromatic N) is 6. The van der Waals surface area contributed by atoms with Gasteiger partial charge in [-0.05, 0) is 152 Å². The number of carbonyl (C=O) groups excluding carboxylic acids is 3. The minimum absolute atomic E-state index is 0.